The van der Waals surface area contributed by atoms with Crippen molar-refractivity contribution in [2.24, 2.45) is 0 Å². The Bertz CT molecular complexity index is 427. The van der Waals surface area contributed by atoms with Crippen LogP contribution in [0, 0.1) is 6.92 Å². The van der Waals surface area contributed by atoms with Gasteiger partial charge in [-0.1, -0.05) is 0 Å². The highest BCUT2D eigenvalue weighted by Gasteiger charge is 2.32. The molecule has 1 aromatic rings. The van der Waals surface area contributed by atoms with Gasteiger partial charge in [0.25, 0.3) is 0 Å². The van der Waals surface area contributed by atoms with Gasteiger partial charge in [0, 0.05) is 11.7 Å². The maximum atomic E-state index is 10.8. The van der Waals surface area contributed by atoms with Crippen molar-refractivity contribution in [1.82, 2.24) is 9.97 Å². The lowest BCUT2D eigenvalue weighted by Crippen LogP contribution is -2.42. The SMILES string of the molecule is Cc1nc(NC2(C)CCC2)ncc1C(=O)O. The van der Waals surface area contributed by atoms with Gasteiger partial charge in [-0.25, -0.2) is 14.8 Å². The Morgan fingerprint density at radius 2 is 2.25 bits per heavy atom. The van der Waals surface area contributed by atoms with Gasteiger partial charge in [-0.2, -0.15) is 0 Å². The Labute approximate surface area is 93.9 Å². The summed E-state index contributed by atoms with van der Waals surface area (Å²) in [6.07, 6.45) is 4.79. The number of nitrogens with one attached hydrogen (secondary N) is 1. The number of aromatic nitrogens is 2. The second-order valence-electron chi connectivity index (χ2n) is 4.54. The normalized spacial score (nSPS) is 17.6. The molecule has 0 bridgehead atoms. The summed E-state index contributed by atoms with van der Waals surface area (Å²) < 4.78 is 0. The summed E-state index contributed by atoms with van der Waals surface area (Å²) in [7, 11) is 0. The predicted molar refractivity (Wildman–Crippen MR) is 59.6 cm³/mol. The maximum absolute atomic E-state index is 10.8. The molecule has 5 heteroatoms. The molecule has 0 spiro atoms. The monoisotopic (exact) mass is 221 g/mol. The molecule has 0 radical (unpaired) electrons. The smallest absolute Gasteiger partial charge is 0.339 e. The Morgan fingerprint density at radius 3 is 2.69 bits per heavy atom. The first-order valence-electron chi connectivity index (χ1n) is 5.35. The van der Waals surface area contributed by atoms with Crippen molar-refractivity contribution in [3.05, 3.63) is 17.5 Å². The first-order chi connectivity index (χ1) is 7.50. The molecule has 1 aliphatic rings. The molecule has 0 unspecified atom stereocenters. The molecule has 1 aliphatic carbocycles. The molecule has 0 saturated heterocycles. The Morgan fingerprint density at radius 1 is 1.56 bits per heavy atom. The molecule has 1 aromatic heterocycles. The predicted octanol–water partition coefficient (Wildman–Crippen LogP) is 1.84. The summed E-state index contributed by atoms with van der Waals surface area (Å²) in [5.74, 6) is -0.469. The van der Waals surface area contributed by atoms with Gasteiger partial charge >= 0.3 is 5.97 Å². The number of carboxylic acids is 1. The van der Waals surface area contributed by atoms with Crippen LogP contribution in [0.5, 0.6) is 0 Å². The van der Waals surface area contributed by atoms with E-state index in [2.05, 4.69) is 22.2 Å². The molecule has 0 aliphatic heterocycles. The zero-order valence-electron chi connectivity index (χ0n) is 9.45. The van der Waals surface area contributed by atoms with Crippen molar-refractivity contribution in [1.29, 1.82) is 0 Å². The van der Waals surface area contributed by atoms with E-state index in [1.54, 1.807) is 6.92 Å². The van der Waals surface area contributed by atoms with Crippen LogP contribution in [0.4, 0.5) is 5.95 Å². The summed E-state index contributed by atoms with van der Waals surface area (Å²) in [6.45, 7) is 3.81. The van der Waals surface area contributed by atoms with Crippen LogP contribution < -0.4 is 5.32 Å². The molecule has 1 fully saturated rings. The summed E-state index contributed by atoms with van der Waals surface area (Å²) >= 11 is 0. The number of aromatic carboxylic acids is 1. The van der Waals surface area contributed by atoms with Gasteiger partial charge in [0.1, 0.15) is 0 Å². The van der Waals surface area contributed by atoms with E-state index in [1.807, 2.05) is 0 Å². The summed E-state index contributed by atoms with van der Waals surface area (Å²) in [5.41, 5.74) is 0.731. The molecule has 2 N–H and O–H groups in total. The van der Waals surface area contributed by atoms with Crippen LogP contribution >= 0.6 is 0 Å². The second-order valence-corrected chi connectivity index (χ2v) is 4.54. The van der Waals surface area contributed by atoms with Crippen molar-refractivity contribution in [3.8, 4) is 0 Å². The lowest BCUT2D eigenvalue weighted by Gasteiger charge is -2.39. The molecule has 0 amide bonds. The lowest BCUT2D eigenvalue weighted by atomic mass is 9.79. The number of hydrogen-bond acceptors (Lipinski definition) is 4. The van der Waals surface area contributed by atoms with Gasteiger partial charge in [-0.15, -0.1) is 0 Å². The zero-order valence-corrected chi connectivity index (χ0v) is 9.45. The fourth-order valence-corrected chi connectivity index (χ4v) is 1.84. The van der Waals surface area contributed by atoms with Crippen molar-refractivity contribution >= 4 is 11.9 Å². The highest BCUT2D eigenvalue weighted by molar-refractivity contribution is 5.88. The largest absolute Gasteiger partial charge is 0.478 e. The van der Waals surface area contributed by atoms with Crippen LogP contribution in [0.3, 0.4) is 0 Å². The van der Waals surface area contributed by atoms with Crippen molar-refractivity contribution in [3.63, 3.8) is 0 Å². The van der Waals surface area contributed by atoms with Crippen LogP contribution in [0.15, 0.2) is 6.20 Å². The van der Waals surface area contributed by atoms with Gasteiger partial charge in [-0.3, -0.25) is 0 Å². The summed E-state index contributed by atoms with van der Waals surface area (Å²) in [6, 6.07) is 0. The molecular weight excluding hydrogens is 206 g/mol. The average Bonchev–Trinajstić information content (AvgIpc) is 2.14. The zero-order chi connectivity index (χ0) is 11.8. The number of aryl methyl sites for hydroxylation is 1. The molecule has 0 aromatic carbocycles. The minimum Gasteiger partial charge on any atom is -0.478 e. The number of carboxylic acid groups (broad SMARTS) is 1. The number of anilines is 1. The van der Waals surface area contributed by atoms with E-state index in [1.165, 1.54) is 12.6 Å². The van der Waals surface area contributed by atoms with Crippen molar-refractivity contribution in [2.75, 3.05) is 5.32 Å². The molecule has 5 nitrogen and oxygen atoms in total. The number of hydrogen-bond donors (Lipinski definition) is 2. The Balaban J connectivity index is 2.18. The van der Waals surface area contributed by atoms with E-state index >= 15 is 0 Å². The van der Waals surface area contributed by atoms with Gasteiger partial charge in [-0.05, 0) is 33.1 Å². The lowest BCUT2D eigenvalue weighted by molar-refractivity contribution is 0.0695. The molecular formula is C11H15N3O2. The molecule has 1 saturated carbocycles. The van der Waals surface area contributed by atoms with Crippen LogP contribution in [0.2, 0.25) is 0 Å². The van der Waals surface area contributed by atoms with Crippen LogP contribution in [0.1, 0.15) is 42.2 Å². The van der Waals surface area contributed by atoms with E-state index in [-0.39, 0.29) is 11.1 Å². The molecule has 1 heterocycles. The molecule has 86 valence electrons. The minimum atomic E-state index is -0.987. The average molecular weight is 221 g/mol. The number of nitrogens with zero attached hydrogens (tertiary/aromatic N) is 2. The van der Waals surface area contributed by atoms with E-state index < -0.39 is 5.97 Å². The fourth-order valence-electron chi connectivity index (χ4n) is 1.84. The van der Waals surface area contributed by atoms with E-state index in [9.17, 15) is 4.79 Å². The second kappa shape index (κ2) is 3.73. The van der Waals surface area contributed by atoms with E-state index in [0.717, 1.165) is 12.8 Å². The van der Waals surface area contributed by atoms with Crippen molar-refractivity contribution in [2.45, 2.75) is 38.6 Å². The van der Waals surface area contributed by atoms with Crippen LogP contribution in [-0.2, 0) is 0 Å². The molecule has 16 heavy (non-hydrogen) atoms. The Hall–Kier alpha value is -1.65. The highest BCUT2D eigenvalue weighted by Crippen LogP contribution is 2.33. The fraction of sp³-hybridized carbons (Fsp3) is 0.545. The van der Waals surface area contributed by atoms with E-state index in [0.29, 0.717) is 11.6 Å². The third-order valence-electron chi connectivity index (χ3n) is 3.08. The van der Waals surface area contributed by atoms with E-state index in [4.69, 9.17) is 5.11 Å². The highest BCUT2D eigenvalue weighted by atomic mass is 16.4. The topological polar surface area (TPSA) is 75.1 Å². The van der Waals surface area contributed by atoms with Gasteiger partial charge < -0.3 is 10.4 Å². The quantitative estimate of drug-likeness (QED) is 0.814. The molecule has 2 rings (SSSR count). The third kappa shape index (κ3) is 1.98. The minimum absolute atomic E-state index is 0.0805. The van der Waals surface area contributed by atoms with Crippen LogP contribution in [0.25, 0.3) is 0 Å². The molecule has 0 atom stereocenters. The summed E-state index contributed by atoms with van der Waals surface area (Å²) in [5, 5.41) is 12.1. The van der Waals surface area contributed by atoms with Gasteiger partial charge in [0.05, 0.1) is 11.3 Å². The Kier molecular flexibility index (Phi) is 2.53. The van der Waals surface area contributed by atoms with Gasteiger partial charge in [0.15, 0.2) is 0 Å². The summed E-state index contributed by atoms with van der Waals surface area (Å²) in [4.78, 5) is 19.0. The third-order valence-corrected chi connectivity index (χ3v) is 3.08. The van der Waals surface area contributed by atoms with Crippen LogP contribution in [-0.4, -0.2) is 26.6 Å². The van der Waals surface area contributed by atoms with Gasteiger partial charge in [0.2, 0.25) is 5.95 Å². The first kappa shape index (κ1) is 10.9. The number of carbonyl (C=O) groups is 1. The van der Waals surface area contributed by atoms with Crippen molar-refractivity contribution < 1.29 is 9.90 Å². The first-order valence-corrected chi connectivity index (χ1v) is 5.35. The maximum Gasteiger partial charge on any atom is 0.339 e. The standard InChI is InChI=1S/C11H15N3O2/c1-7-8(9(15)16)6-12-10(13-7)14-11(2)4-3-5-11/h6H,3-5H2,1-2H3,(H,15,16)(H,12,13,14). The number of rotatable bonds is 3.